The second kappa shape index (κ2) is 5.55. The highest BCUT2D eigenvalue weighted by molar-refractivity contribution is 8.00. The van der Waals surface area contributed by atoms with Crippen LogP contribution in [-0.4, -0.2) is 35.8 Å². The van der Waals surface area contributed by atoms with Crippen molar-refractivity contribution in [2.45, 2.75) is 62.2 Å². The maximum absolute atomic E-state index is 5.61. The Kier molecular flexibility index (Phi) is 4.35. The normalized spacial score (nSPS) is 41.2. The van der Waals surface area contributed by atoms with Crippen molar-refractivity contribution in [1.82, 2.24) is 5.32 Å². The molecule has 2 rings (SSSR count). The molecule has 1 aliphatic carbocycles. The van der Waals surface area contributed by atoms with E-state index in [-0.39, 0.29) is 0 Å². The topological polar surface area (TPSA) is 21.3 Å². The van der Waals surface area contributed by atoms with Crippen molar-refractivity contribution in [1.29, 1.82) is 0 Å². The van der Waals surface area contributed by atoms with Gasteiger partial charge in [0.05, 0.1) is 6.10 Å². The van der Waals surface area contributed by atoms with E-state index >= 15 is 0 Å². The lowest BCUT2D eigenvalue weighted by atomic mass is 10.2. The first-order valence-electron chi connectivity index (χ1n) is 6.30. The van der Waals surface area contributed by atoms with E-state index in [0.717, 1.165) is 29.7 Å². The Balaban J connectivity index is 1.72. The van der Waals surface area contributed by atoms with E-state index in [1.165, 1.54) is 25.7 Å². The molecule has 2 nitrogen and oxygen atoms in total. The largest absolute Gasteiger partial charge is 0.377 e. The average molecular weight is 229 g/mol. The van der Waals surface area contributed by atoms with Crippen molar-refractivity contribution in [3.63, 3.8) is 0 Å². The van der Waals surface area contributed by atoms with E-state index in [1.807, 2.05) is 0 Å². The van der Waals surface area contributed by atoms with Crippen molar-refractivity contribution in [3.05, 3.63) is 0 Å². The van der Waals surface area contributed by atoms with Gasteiger partial charge in [0.25, 0.3) is 0 Å². The molecule has 1 N–H and O–H groups in total. The van der Waals surface area contributed by atoms with Crippen LogP contribution in [0.1, 0.15) is 39.5 Å². The second-order valence-corrected chi connectivity index (χ2v) is 6.27. The summed E-state index contributed by atoms with van der Waals surface area (Å²) in [5.74, 6) is 0. The number of hydrogen-bond donors (Lipinski definition) is 1. The maximum atomic E-state index is 5.61. The molecule has 2 fully saturated rings. The van der Waals surface area contributed by atoms with Gasteiger partial charge in [-0.05, 0) is 39.2 Å². The van der Waals surface area contributed by atoms with Crippen LogP contribution in [0.2, 0.25) is 0 Å². The summed E-state index contributed by atoms with van der Waals surface area (Å²) >= 11 is 2.19. The van der Waals surface area contributed by atoms with Crippen molar-refractivity contribution in [3.8, 4) is 0 Å². The van der Waals surface area contributed by atoms with Gasteiger partial charge in [-0.2, -0.15) is 11.8 Å². The molecular weight excluding hydrogens is 206 g/mol. The van der Waals surface area contributed by atoms with Crippen LogP contribution in [0.3, 0.4) is 0 Å². The SMILES string of the molecule is CCNC1CCC(SC2CCOC2C)C1. The minimum absolute atomic E-state index is 0.480. The third kappa shape index (κ3) is 3.11. The Labute approximate surface area is 97.5 Å². The number of rotatable bonds is 4. The Morgan fingerprint density at radius 3 is 2.87 bits per heavy atom. The molecule has 2 aliphatic rings. The molecule has 1 saturated carbocycles. The predicted octanol–water partition coefficient (Wildman–Crippen LogP) is 2.43. The van der Waals surface area contributed by atoms with E-state index in [0.29, 0.717) is 6.10 Å². The van der Waals surface area contributed by atoms with E-state index < -0.39 is 0 Å². The second-order valence-electron chi connectivity index (χ2n) is 4.73. The first-order chi connectivity index (χ1) is 7.29. The highest BCUT2D eigenvalue weighted by Crippen LogP contribution is 2.37. The molecule has 0 radical (unpaired) electrons. The molecule has 0 aromatic carbocycles. The maximum Gasteiger partial charge on any atom is 0.0666 e. The van der Waals surface area contributed by atoms with Gasteiger partial charge in [0.15, 0.2) is 0 Å². The summed E-state index contributed by atoms with van der Waals surface area (Å²) in [6.07, 6.45) is 5.86. The zero-order valence-electron chi connectivity index (χ0n) is 9.87. The first kappa shape index (κ1) is 11.7. The van der Waals surface area contributed by atoms with E-state index in [9.17, 15) is 0 Å². The quantitative estimate of drug-likeness (QED) is 0.800. The van der Waals surface area contributed by atoms with Crippen LogP contribution < -0.4 is 5.32 Å². The number of nitrogens with one attached hydrogen (secondary N) is 1. The molecule has 4 unspecified atom stereocenters. The molecule has 0 aromatic heterocycles. The highest BCUT2D eigenvalue weighted by atomic mass is 32.2. The third-order valence-corrected chi connectivity index (χ3v) is 5.33. The molecule has 1 aliphatic heterocycles. The molecule has 88 valence electrons. The van der Waals surface area contributed by atoms with Gasteiger partial charge in [0, 0.05) is 23.1 Å². The van der Waals surface area contributed by atoms with Gasteiger partial charge in [0.1, 0.15) is 0 Å². The molecule has 3 heteroatoms. The molecule has 0 spiro atoms. The predicted molar refractivity (Wildman–Crippen MR) is 66.5 cm³/mol. The summed E-state index contributed by atoms with van der Waals surface area (Å²) in [4.78, 5) is 0. The molecule has 0 amide bonds. The molecule has 1 heterocycles. The van der Waals surface area contributed by atoms with Crippen molar-refractivity contribution < 1.29 is 4.74 Å². The lowest BCUT2D eigenvalue weighted by Crippen LogP contribution is -2.26. The van der Waals surface area contributed by atoms with Gasteiger partial charge < -0.3 is 10.1 Å². The van der Waals surface area contributed by atoms with Crippen LogP contribution in [0.25, 0.3) is 0 Å². The molecule has 0 bridgehead atoms. The smallest absolute Gasteiger partial charge is 0.0666 e. The summed E-state index contributed by atoms with van der Waals surface area (Å²) in [6.45, 7) is 6.52. The van der Waals surface area contributed by atoms with Crippen LogP contribution in [0.5, 0.6) is 0 Å². The number of thioether (sulfide) groups is 1. The van der Waals surface area contributed by atoms with Gasteiger partial charge in [-0.3, -0.25) is 0 Å². The highest BCUT2D eigenvalue weighted by Gasteiger charge is 2.31. The van der Waals surface area contributed by atoms with Gasteiger partial charge in [-0.15, -0.1) is 0 Å². The zero-order valence-corrected chi connectivity index (χ0v) is 10.7. The molecular formula is C12H23NOS. The summed E-state index contributed by atoms with van der Waals surface area (Å²) in [6, 6.07) is 0.783. The van der Waals surface area contributed by atoms with Gasteiger partial charge in [-0.1, -0.05) is 6.92 Å². The van der Waals surface area contributed by atoms with Crippen molar-refractivity contribution >= 4 is 11.8 Å². The minimum Gasteiger partial charge on any atom is -0.377 e. The lowest BCUT2D eigenvalue weighted by Gasteiger charge is -2.18. The minimum atomic E-state index is 0.480. The molecule has 0 aromatic rings. The van der Waals surface area contributed by atoms with E-state index in [4.69, 9.17) is 4.74 Å². The Morgan fingerprint density at radius 2 is 2.20 bits per heavy atom. The Morgan fingerprint density at radius 1 is 1.33 bits per heavy atom. The fourth-order valence-electron chi connectivity index (χ4n) is 2.68. The van der Waals surface area contributed by atoms with Gasteiger partial charge >= 0.3 is 0 Å². The number of ether oxygens (including phenoxy) is 1. The third-order valence-electron chi connectivity index (χ3n) is 3.55. The summed E-state index contributed by atoms with van der Waals surface area (Å²) in [5.41, 5.74) is 0. The van der Waals surface area contributed by atoms with Crippen molar-refractivity contribution in [2.75, 3.05) is 13.2 Å². The Hall–Kier alpha value is 0.270. The lowest BCUT2D eigenvalue weighted by molar-refractivity contribution is 0.127. The van der Waals surface area contributed by atoms with Crippen molar-refractivity contribution in [2.24, 2.45) is 0 Å². The zero-order chi connectivity index (χ0) is 10.7. The first-order valence-corrected chi connectivity index (χ1v) is 7.24. The molecule has 4 atom stereocenters. The standard InChI is InChI=1S/C12H23NOS/c1-3-13-10-4-5-11(8-10)15-12-6-7-14-9(12)2/h9-13H,3-8H2,1-2H3. The van der Waals surface area contributed by atoms with E-state index in [2.05, 4.69) is 30.9 Å². The summed E-state index contributed by atoms with van der Waals surface area (Å²) in [7, 11) is 0. The van der Waals surface area contributed by atoms with Crippen LogP contribution in [0, 0.1) is 0 Å². The monoisotopic (exact) mass is 229 g/mol. The van der Waals surface area contributed by atoms with Crippen LogP contribution in [0.4, 0.5) is 0 Å². The van der Waals surface area contributed by atoms with Crippen LogP contribution in [-0.2, 0) is 4.74 Å². The van der Waals surface area contributed by atoms with Gasteiger partial charge in [-0.25, -0.2) is 0 Å². The summed E-state index contributed by atoms with van der Waals surface area (Å²) in [5, 5.41) is 5.20. The molecule has 1 saturated heterocycles. The van der Waals surface area contributed by atoms with Crippen LogP contribution >= 0.6 is 11.8 Å². The Bertz CT molecular complexity index is 200. The van der Waals surface area contributed by atoms with Crippen LogP contribution in [0.15, 0.2) is 0 Å². The van der Waals surface area contributed by atoms with Gasteiger partial charge in [0.2, 0.25) is 0 Å². The van der Waals surface area contributed by atoms with E-state index in [1.54, 1.807) is 0 Å². The fourth-order valence-corrected chi connectivity index (χ4v) is 4.32. The number of hydrogen-bond acceptors (Lipinski definition) is 3. The fraction of sp³-hybridized carbons (Fsp3) is 1.00. The molecule has 15 heavy (non-hydrogen) atoms. The summed E-state index contributed by atoms with van der Waals surface area (Å²) < 4.78 is 5.61. The average Bonchev–Trinajstić information content (AvgIpc) is 2.79.